The number of sulfonamides is 1. The first-order valence-electron chi connectivity index (χ1n) is 5.40. The molecule has 7 heteroatoms. The van der Waals surface area contributed by atoms with Crippen LogP contribution in [0.3, 0.4) is 0 Å². The van der Waals surface area contributed by atoms with Crippen molar-refractivity contribution in [1.82, 2.24) is 14.7 Å². The number of aromatic nitrogens is 2. The maximum atomic E-state index is 11.9. The fourth-order valence-electron chi connectivity index (χ4n) is 1.51. The molecule has 18 heavy (non-hydrogen) atoms. The lowest BCUT2D eigenvalue weighted by molar-refractivity contribution is 0.581. The third-order valence-electron chi connectivity index (χ3n) is 2.41. The van der Waals surface area contributed by atoms with Crippen molar-refractivity contribution in [3.05, 3.63) is 42.5 Å². The zero-order chi connectivity index (χ0) is 13.0. The summed E-state index contributed by atoms with van der Waals surface area (Å²) in [6, 6.07) is 6.19. The predicted octanol–water partition coefficient (Wildman–Crippen LogP) is 0.513. The summed E-state index contributed by atoms with van der Waals surface area (Å²) >= 11 is 0. The van der Waals surface area contributed by atoms with Gasteiger partial charge in [-0.2, -0.15) is 0 Å². The number of nitrogen functional groups attached to an aromatic ring is 1. The molecule has 2 rings (SSSR count). The number of nitrogens with zero attached hydrogens (tertiary/aromatic N) is 1. The topological polar surface area (TPSA) is 101 Å². The van der Waals surface area contributed by atoms with E-state index in [1.165, 1.54) is 12.1 Å². The Morgan fingerprint density at radius 1 is 1.39 bits per heavy atom. The van der Waals surface area contributed by atoms with E-state index >= 15 is 0 Å². The van der Waals surface area contributed by atoms with E-state index in [0.29, 0.717) is 18.7 Å². The Hall–Kier alpha value is -1.86. The first-order chi connectivity index (χ1) is 8.58. The van der Waals surface area contributed by atoms with Crippen LogP contribution in [0.2, 0.25) is 0 Å². The minimum Gasteiger partial charge on any atom is -0.399 e. The van der Waals surface area contributed by atoms with Crippen LogP contribution in [0.25, 0.3) is 0 Å². The van der Waals surface area contributed by atoms with Gasteiger partial charge in [-0.3, -0.25) is 0 Å². The minimum atomic E-state index is -3.50. The molecule has 0 amide bonds. The predicted molar refractivity (Wildman–Crippen MR) is 68.3 cm³/mol. The van der Waals surface area contributed by atoms with Gasteiger partial charge in [0.2, 0.25) is 10.0 Å². The van der Waals surface area contributed by atoms with Crippen LogP contribution in [0.15, 0.2) is 41.7 Å². The molecular weight excluding hydrogens is 252 g/mol. The lowest BCUT2D eigenvalue weighted by Crippen LogP contribution is -2.26. The lowest BCUT2D eigenvalue weighted by Gasteiger charge is -2.06. The Labute approximate surface area is 105 Å². The molecule has 1 aromatic carbocycles. The first kappa shape index (κ1) is 12.6. The Morgan fingerprint density at radius 2 is 2.22 bits per heavy atom. The van der Waals surface area contributed by atoms with Gasteiger partial charge in [0.05, 0.1) is 11.2 Å². The molecular formula is C11H14N4O2S. The molecule has 0 aliphatic rings. The number of hydrogen-bond donors (Lipinski definition) is 3. The van der Waals surface area contributed by atoms with Crippen LogP contribution in [0.4, 0.5) is 5.69 Å². The maximum absolute atomic E-state index is 11.9. The van der Waals surface area contributed by atoms with Crippen LogP contribution in [0.1, 0.15) is 5.69 Å². The Bertz CT molecular complexity index is 608. The standard InChI is InChI=1S/C11H14N4O2S/c12-9-2-1-3-11(6-9)18(16,17)15-5-4-10-7-13-8-14-10/h1-3,6-8,15H,4-5,12H2,(H,13,14). The van der Waals surface area contributed by atoms with E-state index in [0.717, 1.165) is 5.69 Å². The first-order valence-corrected chi connectivity index (χ1v) is 6.89. The molecule has 6 nitrogen and oxygen atoms in total. The molecule has 0 radical (unpaired) electrons. The highest BCUT2D eigenvalue weighted by Gasteiger charge is 2.13. The summed E-state index contributed by atoms with van der Waals surface area (Å²) < 4.78 is 26.4. The van der Waals surface area contributed by atoms with E-state index in [4.69, 9.17) is 5.73 Å². The summed E-state index contributed by atoms with van der Waals surface area (Å²) in [5.41, 5.74) is 6.86. The number of nitrogens with one attached hydrogen (secondary N) is 2. The monoisotopic (exact) mass is 266 g/mol. The van der Waals surface area contributed by atoms with Crippen molar-refractivity contribution in [2.75, 3.05) is 12.3 Å². The highest BCUT2D eigenvalue weighted by molar-refractivity contribution is 7.89. The number of H-pyrrole nitrogens is 1. The summed E-state index contributed by atoms with van der Waals surface area (Å²) in [6.45, 7) is 0.305. The molecule has 96 valence electrons. The molecule has 0 unspecified atom stereocenters. The largest absolute Gasteiger partial charge is 0.399 e. The number of anilines is 1. The molecule has 0 saturated heterocycles. The Kier molecular flexibility index (Phi) is 3.63. The Balaban J connectivity index is 1.99. The molecule has 0 spiro atoms. The molecule has 4 N–H and O–H groups in total. The number of hydrogen-bond acceptors (Lipinski definition) is 4. The number of aromatic amines is 1. The van der Waals surface area contributed by atoms with Crippen LogP contribution in [-0.2, 0) is 16.4 Å². The fraction of sp³-hybridized carbons (Fsp3) is 0.182. The molecule has 1 aromatic heterocycles. The second-order valence-electron chi connectivity index (χ2n) is 3.80. The van der Waals surface area contributed by atoms with Gasteiger partial charge in [-0.15, -0.1) is 0 Å². The van der Waals surface area contributed by atoms with Crippen molar-refractivity contribution in [2.24, 2.45) is 0 Å². The fourth-order valence-corrected chi connectivity index (χ4v) is 2.59. The maximum Gasteiger partial charge on any atom is 0.240 e. The van der Waals surface area contributed by atoms with Crippen LogP contribution in [0, 0.1) is 0 Å². The molecule has 0 bridgehead atoms. The highest BCUT2D eigenvalue weighted by atomic mass is 32.2. The summed E-state index contributed by atoms with van der Waals surface area (Å²) in [5.74, 6) is 0. The number of rotatable bonds is 5. The van der Waals surface area contributed by atoms with Gasteiger partial charge < -0.3 is 10.7 Å². The van der Waals surface area contributed by atoms with Gasteiger partial charge in [0.15, 0.2) is 0 Å². The zero-order valence-electron chi connectivity index (χ0n) is 9.63. The highest BCUT2D eigenvalue weighted by Crippen LogP contribution is 2.12. The smallest absolute Gasteiger partial charge is 0.240 e. The van der Waals surface area contributed by atoms with Crippen molar-refractivity contribution in [3.63, 3.8) is 0 Å². The van der Waals surface area contributed by atoms with Gasteiger partial charge >= 0.3 is 0 Å². The average molecular weight is 266 g/mol. The minimum absolute atomic E-state index is 0.173. The van der Waals surface area contributed by atoms with Gasteiger partial charge in [-0.05, 0) is 18.2 Å². The van der Waals surface area contributed by atoms with Crippen LogP contribution < -0.4 is 10.5 Å². The third kappa shape index (κ3) is 3.08. The van der Waals surface area contributed by atoms with E-state index in [-0.39, 0.29) is 4.90 Å². The van der Waals surface area contributed by atoms with Crippen molar-refractivity contribution in [1.29, 1.82) is 0 Å². The second-order valence-corrected chi connectivity index (χ2v) is 5.56. The van der Waals surface area contributed by atoms with E-state index in [1.54, 1.807) is 24.7 Å². The van der Waals surface area contributed by atoms with E-state index in [1.807, 2.05) is 0 Å². The van der Waals surface area contributed by atoms with Gasteiger partial charge in [-0.25, -0.2) is 18.1 Å². The van der Waals surface area contributed by atoms with Crippen molar-refractivity contribution in [2.45, 2.75) is 11.3 Å². The second kappa shape index (κ2) is 5.19. The van der Waals surface area contributed by atoms with Gasteiger partial charge in [0, 0.05) is 30.5 Å². The average Bonchev–Trinajstić information content (AvgIpc) is 2.82. The van der Waals surface area contributed by atoms with Crippen LogP contribution in [-0.4, -0.2) is 24.9 Å². The summed E-state index contributed by atoms with van der Waals surface area (Å²) in [5, 5.41) is 0. The molecule has 0 aliphatic carbocycles. The van der Waals surface area contributed by atoms with E-state index < -0.39 is 10.0 Å². The zero-order valence-corrected chi connectivity index (χ0v) is 10.4. The molecule has 1 heterocycles. The van der Waals surface area contributed by atoms with Crippen molar-refractivity contribution < 1.29 is 8.42 Å². The quantitative estimate of drug-likeness (QED) is 0.686. The SMILES string of the molecule is Nc1cccc(S(=O)(=O)NCCc2cnc[nH]2)c1. The normalized spacial score (nSPS) is 11.6. The molecule has 0 aliphatic heterocycles. The molecule has 0 saturated carbocycles. The van der Waals surface area contributed by atoms with Gasteiger partial charge in [0.25, 0.3) is 0 Å². The molecule has 0 fully saturated rings. The summed E-state index contributed by atoms with van der Waals surface area (Å²) in [6.07, 6.45) is 3.78. The van der Waals surface area contributed by atoms with Crippen molar-refractivity contribution >= 4 is 15.7 Å². The van der Waals surface area contributed by atoms with Crippen LogP contribution >= 0.6 is 0 Å². The number of imidazole rings is 1. The van der Waals surface area contributed by atoms with Crippen molar-refractivity contribution in [3.8, 4) is 0 Å². The van der Waals surface area contributed by atoms with Gasteiger partial charge in [-0.1, -0.05) is 6.07 Å². The summed E-state index contributed by atoms with van der Waals surface area (Å²) in [7, 11) is -3.50. The number of benzene rings is 1. The van der Waals surface area contributed by atoms with Gasteiger partial charge in [0.1, 0.15) is 0 Å². The van der Waals surface area contributed by atoms with E-state index in [2.05, 4.69) is 14.7 Å². The van der Waals surface area contributed by atoms with Crippen LogP contribution in [0.5, 0.6) is 0 Å². The third-order valence-corrected chi connectivity index (χ3v) is 3.87. The number of nitrogens with two attached hydrogens (primary N) is 1. The summed E-state index contributed by atoms with van der Waals surface area (Å²) in [4.78, 5) is 6.94. The van der Waals surface area contributed by atoms with E-state index in [9.17, 15) is 8.42 Å². The molecule has 0 atom stereocenters. The lowest BCUT2D eigenvalue weighted by atomic mass is 10.3. The molecule has 2 aromatic rings. The Morgan fingerprint density at radius 3 is 2.89 bits per heavy atom.